The molecule has 0 heterocycles. The van der Waals surface area contributed by atoms with Crippen LogP contribution in [0.25, 0.3) is 10.8 Å². The van der Waals surface area contributed by atoms with Crippen molar-refractivity contribution in [2.75, 3.05) is 4.72 Å². The Bertz CT molecular complexity index is 1450. The van der Waals surface area contributed by atoms with Gasteiger partial charge < -0.3 is 0 Å². The Morgan fingerprint density at radius 3 is 2.21 bits per heavy atom. The van der Waals surface area contributed by atoms with E-state index >= 15 is 0 Å². The fourth-order valence-corrected chi connectivity index (χ4v) is 6.02. The molecular formula is C23H14Cl2F3NO2S2. The van der Waals surface area contributed by atoms with E-state index in [4.69, 9.17) is 23.2 Å². The van der Waals surface area contributed by atoms with E-state index in [1.54, 1.807) is 6.07 Å². The van der Waals surface area contributed by atoms with Crippen molar-refractivity contribution in [1.82, 2.24) is 0 Å². The smallest absolute Gasteiger partial charge is 0.280 e. The lowest BCUT2D eigenvalue weighted by atomic mass is 10.1. The summed E-state index contributed by atoms with van der Waals surface area (Å²) in [6, 6.07) is 20.5. The van der Waals surface area contributed by atoms with Gasteiger partial charge in [-0.3, -0.25) is 4.72 Å². The van der Waals surface area contributed by atoms with Crippen LogP contribution in [0.2, 0.25) is 10.0 Å². The number of alkyl halides is 3. The highest BCUT2D eigenvalue weighted by Gasteiger charge is 2.32. The Balaban J connectivity index is 1.58. The molecule has 0 amide bonds. The van der Waals surface area contributed by atoms with Gasteiger partial charge in [0.15, 0.2) is 0 Å². The number of fused-ring (bicyclic) bond motifs is 1. The zero-order chi connectivity index (χ0) is 23.8. The number of nitrogens with one attached hydrogen (secondary N) is 1. The van der Waals surface area contributed by atoms with Crippen molar-refractivity contribution in [3.8, 4) is 0 Å². The highest BCUT2D eigenvalue weighted by Crippen LogP contribution is 2.39. The summed E-state index contributed by atoms with van der Waals surface area (Å²) in [5, 5.41) is 1.91. The van der Waals surface area contributed by atoms with Gasteiger partial charge in [0.2, 0.25) is 0 Å². The summed E-state index contributed by atoms with van der Waals surface area (Å²) in [4.78, 5) is 1.23. The van der Waals surface area contributed by atoms with Crippen LogP contribution in [0, 0.1) is 0 Å². The van der Waals surface area contributed by atoms with Crippen LogP contribution in [0.15, 0.2) is 93.5 Å². The predicted molar refractivity (Wildman–Crippen MR) is 127 cm³/mol. The van der Waals surface area contributed by atoms with Gasteiger partial charge in [0.05, 0.1) is 21.3 Å². The average molecular weight is 528 g/mol. The fraction of sp³-hybridized carbons (Fsp3) is 0.0435. The van der Waals surface area contributed by atoms with Crippen molar-refractivity contribution in [3.05, 3.63) is 94.5 Å². The third-order valence-electron chi connectivity index (χ3n) is 4.70. The van der Waals surface area contributed by atoms with Crippen LogP contribution < -0.4 is 4.72 Å². The van der Waals surface area contributed by atoms with Crippen molar-refractivity contribution >= 4 is 61.4 Å². The fourth-order valence-electron chi connectivity index (χ4n) is 3.16. The van der Waals surface area contributed by atoms with Gasteiger partial charge in [-0.05, 0) is 53.2 Å². The second-order valence-electron chi connectivity index (χ2n) is 6.97. The Labute approximate surface area is 202 Å². The first kappa shape index (κ1) is 23.8. The van der Waals surface area contributed by atoms with Gasteiger partial charge >= 0.3 is 6.18 Å². The number of hydrogen-bond acceptors (Lipinski definition) is 3. The predicted octanol–water partition coefficient (Wildman–Crippen LogP) is 8.12. The van der Waals surface area contributed by atoms with Crippen LogP contribution in [0.4, 0.5) is 18.9 Å². The molecule has 0 radical (unpaired) electrons. The molecule has 0 fully saturated rings. The quantitative estimate of drug-likeness (QED) is 0.285. The summed E-state index contributed by atoms with van der Waals surface area (Å²) < 4.78 is 66.2. The summed E-state index contributed by atoms with van der Waals surface area (Å²) in [5.41, 5.74) is -0.887. The molecule has 1 N–H and O–H groups in total. The van der Waals surface area contributed by atoms with Gasteiger partial charge in [-0.2, -0.15) is 13.2 Å². The monoisotopic (exact) mass is 527 g/mol. The first-order valence-corrected chi connectivity index (χ1v) is 12.4. The molecule has 10 heteroatoms. The second kappa shape index (κ2) is 9.10. The van der Waals surface area contributed by atoms with Crippen LogP contribution in [-0.2, 0) is 16.2 Å². The Kier molecular flexibility index (Phi) is 6.55. The maximum Gasteiger partial charge on any atom is 0.416 e. The van der Waals surface area contributed by atoms with Crippen LogP contribution in [0.5, 0.6) is 0 Å². The van der Waals surface area contributed by atoms with Crippen LogP contribution in [0.3, 0.4) is 0 Å². The van der Waals surface area contributed by atoms with Crippen LogP contribution >= 0.6 is 35.0 Å². The number of hydrogen-bond donors (Lipinski definition) is 1. The molecule has 170 valence electrons. The molecular weight excluding hydrogens is 514 g/mol. The zero-order valence-corrected chi connectivity index (χ0v) is 19.7. The Hall–Kier alpha value is -2.39. The summed E-state index contributed by atoms with van der Waals surface area (Å²) >= 11 is 13.7. The molecule has 3 nitrogen and oxygen atoms in total. The molecule has 0 saturated heterocycles. The molecule has 0 spiro atoms. The van der Waals surface area contributed by atoms with Gasteiger partial charge in [0, 0.05) is 9.79 Å². The minimum atomic E-state index is -4.63. The topological polar surface area (TPSA) is 46.2 Å². The van der Waals surface area contributed by atoms with Crippen molar-refractivity contribution < 1.29 is 21.6 Å². The molecule has 0 saturated carbocycles. The first-order chi connectivity index (χ1) is 15.5. The minimum absolute atomic E-state index is 0.151. The summed E-state index contributed by atoms with van der Waals surface area (Å²) in [7, 11) is -4.24. The number of sulfonamides is 1. The molecule has 0 aliphatic rings. The lowest BCUT2D eigenvalue weighted by Gasteiger charge is -2.13. The molecule has 0 bridgehead atoms. The van der Waals surface area contributed by atoms with Gasteiger partial charge in [-0.15, -0.1) is 0 Å². The van der Waals surface area contributed by atoms with E-state index < -0.39 is 31.7 Å². The molecule has 0 unspecified atom stereocenters. The van der Waals surface area contributed by atoms with Crippen molar-refractivity contribution in [2.45, 2.75) is 20.9 Å². The van der Waals surface area contributed by atoms with E-state index in [2.05, 4.69) is 4.72 Å². The second-order valence-corrected chi connectivity index (χ2v) is 10.5. The van der Waals surface area contributed by atoms with E-state index in [1.807, 2.05) is 42.5 Å². The molecule has 4 aromatic carbocycles. The Morgan fingerprint density at radius 1 is 0.788 bits per heavy atom. The third-order valence-corrected chi connectivity index (χ3v) is 8.14. The third kappa shape index (κ3) is 5.24. The molecule has 0 aromatic heterocycles. The first-order valence-electron chi connectivity index (χ1n) is 9.39. The standard InChI is InChI=1S/C23H14Cl2F3NO2S2/c24-18-13-16(29-33(30,31)22-11-8-15(12-19(22)25)23(26,27)28)9-10-21(18)32-20-7-3-5-14-4-1-2-6-17(14)20/h1-13,29H. The summed E-state index contributed by atoms with van der Waals surface area (Å²) in [5.74, 6) is 0. The number of halogens is 5. The van der Waals surface area contributed by atoms with Crippen molar-refractivity contribution in [3.63, 3.8) is 0 Å². The molecule has 0 aliphatic heterocycles. The number of anilines is 1. The van der Waals surface area contributed by atoms with Crippen molar-refractivity contribution in [2.24, 2.45) is 0 Å². The highest BCUT2D eigenvalue weighted by molar-refractivity contribution is 7.99. The van der Waals surface area contributed by atoms with Gasteiger partial charge in [-0.25, -0.2) is 8.42 Å². The van der Waals surface area contributed by atoms with E-state index in [0.29, 0.717) is 22.1 Å². The SMILES string of the molecule is O=S(=O)(Nc1ccc(Sc2cccc3ccccc23)c(Cl)c1)c1ccc(C(F)(F)F)cc1Cl. The number of benzene rings is 4. The largest absolute Gasteiger partial charge is 0.416 e. The minimum Gasteiger partial charge on any atom is -0.280 e. The van der Waals surface area contributed by atoms with Gasteiger partial charge in [0.1, 0.15) is 4.90 Å². The van der Waals surface area contributed by atoms with Crippen LogP contribution in [-0.4, -0.2) is 8.42 Å². The lowest BCUT2D eigenvalue weighted by molar-refractivity contribution is -0.137. The Morgan fingerprint density at radius 2 is 1.52 bits per heavy atom. The zero-order valence-electron chi connectivity index (χ0n) is 16.5. The lowest BCUT2D eigenvalue weighted by Crippen LogP contribution is -2.14. The van der Waals surface area contributed by atoms with Crippen LogP contribution in [0.1, 0.15) is 5.56 Å². The van der Waals surface area contributed by atoms with E-state index in [9.17, 15) is 21.6 Å². The summed E-state index contributed by atoms with van der Waals surface area (Å²) in [6.07, 6.45) is -4.63. The summed E-state index contributed by atoms with van der Waals surface area (Å²) in [6.45, 7) is 0. The van der Waals surface area contributed by atoms with E-state index in [0.717, 1.165) is 21.7 Å². The van der Waals surface area contributed by atoms with E-state index in [-0.39, 0.29) is 5.69 Å². The average Bonchev–Trinajstić information content (AvgIpc) is 2.74. The van der Waals surface area contributed by atoms with Gasteiger partial charge in [0.25, 0.3) is 10.0 Å². The number of rotatable bonds is 5. The maximum atomic E-state index is 12.8. The van der Waals surface area contributed by atoms with Gasteiger partial charge in [-0.1, -0.05) is 71.4 Å². The maximum absolute atomic E-state index is 12.8. The molecule has 0 aliphatic carbocycles. The molecule has 33 heavy (non-hydrogen) atoms. The molecule has 4 aromatic rings. The van der Waals surface area contributed by atoms with E-state index in [1.165, 1.54) is 23.9 Å². The van der Waals surface area contributed by atoms with Crippen molar-refractivity contribution in [1.29, 1.82) is 0 Å². The molecule has 4 rings (SSSR count). The molecule has 0 atom stereocenters. The normalized spacial score (nSPS) is 12.2. The highest BCUT2D eigenvalue weighted by atomic mass is 35.5.